The minimum atomic E-state index is -0.498. The van der Waals surface area contributed by atoms with E-state index in [0.29, 0.717) is 15.7 Å². The first kappa shape index (κ1) is 10.9. The van der Waals surface area contributed by atoms with Gasteiger partial charge in [-0.3, -0.25) is 4.79 Å². The number of halogens is 2. The Kier molecular flexibility index (Phi) is 2.95. The van der Waals surface area contributed by atoms with Crippen LogP contribution in [-0.4, -0.2) is 11.0 Å². The maximum absolute atomic E-state index is 11.5. The zero-order valence-corrected chi connectivity index (χ0v) is 10.5. The van der Waals surface area contributed by atoms with Gasteiger partial charge < -0.3 is 10.6 Å². The minimum Gasteiger partial charge on any atom is -0.347 e. The second-order valence-corrected chi connectivity index (χ2v) is 4.79. The van der Waals surface area contributed by atoms with Crippen LogP contribution >= 0.6 is 39.7 Å². The number of nitrogens with one attached hydrogen (secondary N) is 2. The Hall–Kier alpha value is -0.650. The van der Waals surface area contributed by atoms with Crippen molar-refractivity contribution in [3.05, 3.63) is 33.3 Å². The van der Waals surface area contributed by atoms with E-state index >= 15 is 0 Å². The lowest BCUT2D eigenvalue weighted by Gasteiger charge is -2.10. The first-order valence-corrected chi connectivity index (χ1v) is 5.72. The highest BCUT2D eigenvalue weighted by Gasteiger charge is 2.30. The molecule has 0 spiro atoms. The molecule has 1 aromatic carbocycles. The number of amides is 1. The Morgan fingerprint density at radius 3 is 2.80 bits per heavy atom. The molecular weight excluding hydrogens is 300 g/mol. The summed E-state index contributed by atoms with van der Waals surface area (Å²) in [6.07, 6.45) is 0. The monoisotopic (exact) mass is 304 g/mol. The van der Waals surface area contributed by atoms with Crippen molar-refractivity contribution in [3.63, 3.8) is 0 Å². The minimum absolute atomic E-state index is 0.181. The molecule has 0 bridgehead atoms. The molecule has 0 radical (unpaired) electrons. The number of thiocarbonyl (C=S) groups is 1. The molecule has 6 heteroatoms. The topological polar surface area (TPSA) is 41.1 Å². The van der Waals surface area contributed by atoms with Crippen LogP contribution in [0, 0.1) is 0 Å². The van der Waals surface area contributed by atoms with Crippen molar-refractivity contribution in [2.24, 2.45) is 0 Å². The molecule has 1 heterocycles. The predicted molar refractivity (Wildman–Crippen MR) is 65.8 cm³/mol. The second-order valence-electron chi connectivity index (χ2n) is 3.06. The van der Waals surface area contributed by atoms with E-state index in [0.717, 1.165) is 4.47 Å². The van der Waals surface area contributed by atoms with Crippen LogP contribution in [-0.2, 0) is 4.79 Å². The lowest BCUT2D eigenvalue weighted by atomic mass is 10.1. The third-order valence-corrected chi connectivity index (χ3v) is 3.10. The smallest absolute Gasteiger partial charge is 0.253 e. The molecule has 2 rings (SSSR count). The highest BCUT2D eigenvalue weighted by atomic mass is 79.9. The third kappa shape index (κ3) is 2.14. The van der Waals surface area contributed by atoms with Gasteiger partial charge in [0.05, 0.1) is 0 Å². The Morgan fingerprint density at radius 1 is 1.47 bits per heavy atom. The van der Waals surface area contributed by atoms with E-state index in [1.165, 1.54) is 0 Å². The molecule has 15 heavy (non-hydrogen) atoms. The van der Waals surface area contributed by atoms with Gasteiger partial charge >= 0.3 is 0 Å². The molecule has 2 N–H and O–H groups in total. The zero-order valence-electron chi connectivity index (χ0n) is 7.38. The van der Waals surface area contributed by atoms with Crippen LogP contribution in [0.5, 0.6) is 0 Å². The van der Waals surface area contributed by atoms with Crippen LogP contribution in [0.4, 0.5) is 0 Å². The SMILES string of the molecule is O=C1NC(=S)NC1c1cc(Br)ccc1Cl. The first-order chi connectivity index (χ1) is 7.08. The lowest BCUT2D eigenvalue weighted by Crippen LogP contribution is -2.21. The molecule has 78 valence electrons. The fourth-order valence-electron chi connectivity index (χ4n) is 1.37. The van der Waals surface area contributed by atoms with E-state index < -0.39 is 6.04 Å². The molecule has 1 aliphatic rings. The van der Waals surface area contributed by atoms with Crippen LogP contribution in [0.1, 0.15) is 11.6 Å². The van der Waals surface area contributed by atoms with Crippen LogP contribution in [0.3, 0.4) is 0 Å². The van der Waals surface area contributed by atoms with E-state index in [4.69, 9.17) is 23.8 Å². The number of hydrogen-bond acceptors (Lipinski definition) is 2. The average molecular weight is 306 g/mol. The molecule has 0 aromatic heterocycles. The van der Waals surface area contributed by atoms with Gasteiger partial charge in [-0.25, -0.2) is 0 Å². The van der Waals surface area contributed by atoms with Crippen molar-refractivity contribution in [3.8, 4) is 0 Å². The highest BCUT2D eigenvalue weighted by Crippen LogP contribution is 2.28. The van der Waals surface area contributed by atoms with Crippen molar-refractivity contribution in [1.29, 1.82) is 0 Å². The number of carbonyl (C=O) groups is 1. The maximum Gasteiger partial charge on any atom is 0.253 e. The molecule has 1 unspecified atom stereocenters. The molecule has 0 aliphatic carbocycles. The van der Waals surface area contributed by atoms with Gasteiger partial charge in [-0.2, -0.15) is 0 Å². The highest BCUT2D eigenvalue weighted by molar-refractivity contribution is 9.10. The molecule has 0 saturated carbocycles. The average Bonchev–Trinajstić information content (AvgIpc) is 2.50. The van der Waals surface area contributed by atoms with Crippen molar-refractivity contribution >= 4 is 50.8 Å². The summed E-state index contributed by atoms with van der Waals surface area (Å²) in [7, 11) is 0. The van der Waals surface area contributed by atoms with Crippen LogP contribution < -0.4 is 10.6 Å². The van der Waals surface area contributed by atoms with Gasteiger partial charge in [-0.05, 0) is 30.4 Å². The number of hydrogen-bond donors (Lipinski definition) is 2. The van der Waals surface area contributed by atoms with E-state index in [2.05, 4.69) is 26.6 Å². The molecule has 1 fully saturated rings. The molecule has 1 saturated heterocycles. The summed E-state index contributed by atoms with van der Waals surface area (Å²) in [4.78, 5) is 11.5. The third-order valence-electron chi connectivity index (χ3n) is 2.04. The Labute approximate surface area is 105 Å². The molecule has 1 aliphatic heterocycles. The molecule has 1 amide bonds. The predicted octanol–water partition coefficient (Wildman–Crippen LogP) is 2.15. The van der Waals surface area contributed by atoms with Gasteiger partial charge in [0.1, 0.15) is 6.04 Å². The summed E-state index contributed by atoms with van der Waals surface area (Å²) in [5.41, 5.74) is 0.711. The van der Waals surface area contributed by atoms with Crippen molar-refractivity contribution < 1.29 is 4.79 Å². The summed E-state index contributed by atoms with van der Waals surface area (Å²) in [6, 6.07) is 4.85. The Balaban J connectivity index is 2.41. The zero-order chi connectivity index (χ0) is 11.0. The summed E-state index contributed by atoms with van der Waals surface area (Å²) < 4.78 is 0.870. The Morgan fingerprint density at radius 2 is 2.20 bits per heavy atom. The van der Waals surface area contributed by atoms with Crippen molar-refractivity contribution in [1.82, 2.24) is 10.6 Å². The largest absolute Gasteiger partial charge is 0.347 e. The fourth-order valence-corrected chi connectivity index (χ4v) is 2.20. The van der Waals surface area contributed by atoms with Crippen molar-refractivity contribution in [2.45, 2.75) is 6.04 Å². The number of rotatable bonds is 1. The van der Waals surface area contributed by atoms with Gasteiger partial charge in [-0.15, -0.1) is 0 Å². The normalized spacial score (nSPS) is 20.0. The first-order valence-electron chi connectivity index (χ1n) is 4.14. The summed E-state index contributed by atoms with van der Waals surface area (Å²) in [5.74, 6) is -0.181. The summed E-state index contributed by atoms with van der Waals surface area (Å²) in [6.45, 7) is 0. The van der Waals surface area contributed by atoms with Gasteiger partial charge in [0.25, 0.3) is 5.91 Å². The lowest BCUT2D eigenvalue weighted by molar-refractivity contribution is -0.120. The summed E-state index contributed by atoms with van der Waals surface area (Å²) in [5, 5.41) is 6.24. The standard InChI is InChI=1S/C9H6BrClN2OS/c10-4-1-2-6(11)5(3-4)7-8(14)13-9(15)12-7/h1-3,7H,(H2,12,13,14,15). The van der Waals surface area contributed by atoms with Gasteiger partial charge in [0, 0.05) is 15.1 Å². The van der Waals surface area contributed by atoms with Gasteiger partial charge in [-0.1, -0.05) is 27.5 Å². The van der Waals surface area contributed by atoms with Crippen LogP contribution in [0.2, 0.25) is 5.02 Å². The van der Waals surface area contributed by atoms with Crippen LogP contribution in [0.15, 0.2) is 22.7 Å². The van der Waals surface area contributed by atoms with Gasteiger partial charge in [0.2, 0.25) is 0 Å². The fraction of sp³-hybridized carbons (Fsp3) is 0.111. The molecule has 1 atom stereocenters. The Bertz CT molecular complexity index is 452. The van der Waals surface area contributed by atoms with Crippen LogP contribution in [0.25, 0.3) is 0 Å². The number of carbonyl (C=O) groups excluding carboxylic acids is 1. The molecule has 3 nitrogen and oxygen atoms in total. The van der Waals surface area contributed by atoms with Crippen molar-refractivity contribution in [2.75, 3.05) is 0 Å². The summed E-state index contributed by atoms with van der Waals surface area (Å²) >= 11 is 14.2. The van der Waals surface area contributed by atoms with E-state index in [-0.39, 0.29) is 5.91 Å². The quantitative estimate of drug-likeness (QED) is 0.781. The van der Waals surface area contributed by atoms with E-state index in [1.807, 2.05) is 6.07 Å². The molecular formula is C9H6BrClN2OS. The van der Waals surface area contributed by atoms with E-state index in [1.54, 1.807) is 12.1 Å². The van der Waals surface area contributed by atoms with E-state index in [9.17, 15) is 4.79 Å². The number of benzene rings is 1. The second kappa shape index (κ2) is 4.08. The maximum atomic E-state index is 11.5. The molecule has 1 aromatic rings. The van der Waals surface area contributed by atoms with Gasteiger partial charge in [0.15, 0.2) is 5.11 Å².